The molecule has 1 aliphatic rings. The molecule has 2 rings (SSSR count). The van der Waals surface area contributed by atoms with Gasteiger partial charge in [-0.25, -0.2) is 9.78 Å². The first kappa shape index (κ1) is 14.8. The quantitative estimate of drug-likeness (QED) is 0.888. The van der Waals surface area contributed by atoms with E-state index in [2.05, 4.69) is 10.3 Å². The lowest BCUT2D eigenvalue weighted by Gasteiger charge is -2.32. The minimum atomic E-state index is -0.796. The topological polar surface area (TPSA) is 82.5 Å². The summed E-state index contributed by atoms with van der Waals surface area (Å²) in [5.41, 5.74) is 0. The van der Waals surface area contributed by atoms with Crippen LogP contribution in [0, 0.1) is 12.8 Å². The molecule has 1 aromatic heterocycles. The number of hydrogen-bond donors (Lipinski definition) is 2. The molecule has 0 radical (unpaired) electrons. The fourth-order valence-corrected chi connectivity index (χ4v) is 3.14. The van der Waals surface area contributed by atoms with E-state index in [0.29, 0.717) is 19.6 Å². The van der Waals surface area contributed by atoms with Crippen molar-refractivity contribution in [2.75, 3.05) is 13.1 Å². The SMILES string of the molecule is Cc1cnc(CNC(=O)N2CCCC(CC(=O)O)C2)s1. The average molecular weight is 297 g/mol. The Hall–Kier alpha value is -1.63. The fourth-order valence-electron chi connectivity index (χ4n) is 2.41. The number of nitrogens with one attached hydrogen (secondary N) is 1. The van der Waals surface area contributed by atoms with Gasteiger partial charge in [-0.2, -0.15) is 0 Å². The van der Waals surface area contributed by atoms with Crippen molar-refractivity contribution < 1.29 is 14.7 Å². The summed E-state index contributed by atoms with van der Waals surface area (Å²) in [7, 11) is 0. The van der Waals surface area contributed by atoms with Crippen LogP contribution in [-0.4, -0.2) is 40.1 Å². The molecule has 6 nitrogen and oxygen atoms in total. The van der Waals surface area contributed by atoms with Crippen LogP contribution in [0.3, 0.4) is 0 Å². The lowest BCUT2D eigenvalue weighted by molar-refractivity contribution is -0.138. The van der Waals surface area contributed by atoms with Gasteiger partial charge in [0.2, 0.25) is 0 Å². The third-order valence-corrected chi connectivity index (χ3v) is 4.24. The zero-order valence-electron chi connectivity index (χ0n) is 11.5. The molecule has 0 spiro atoms. The molecular formula is C13H19N3O3S. The lowest BCUT2D eigenvalue weighted by Crippen LogP contribution is -2.45. The number of aliphatic carboxylic acids is 1. The van der Waals surface area contributed by atoms with Gasteiger partial charge < -0.3 is 15.3 Å². The number of carboxylic acid groups (broad SMARTS) is 1. The predicted octanol–water partition coefficient (Wildman–Crippen LogP) is 1.85. The third-order valence-electron chi connectivity index (χ3n) is 3.33. The predicted molar refractivity (Wildman–Crippen MR) is 75.6 cm³/mol. The first-order chi connectivity index (χ1) is 9.54. The molecule has 1 fully saturated rings. The number of aromatic nitrogens is 1. The van der Waals surface area contributed by atoms with E-state index in [0.717, 1.165) is 22.7 Å². The maximum Gasteiger partial charge on any atom is 0.317 e. The Morgan fingerprint density at radius 3 is 3.05 bits per heavy atom. The second-order valence-electron chi connectivity index (χ2n) is 5.08. The van der Waals surface area contributed by atoms with Gasteiger partial charge in [0, 0.05) is 30.6 Å². The summed E-state index contributed by atoms with van der Waals surface area (Å²) in [6.07, 6.45) is 3.66. The van der Waals surface area contributed by atoms with Gasteiger partial charge in [0.1, 0.15) is 5.01 Å². The number of nitrogens with zero attached hydrogens (tertiary/aromatic N) is 2. The van der Waals surface area contributed by atoms with Crippen LogP contribution in [0.25, 0.3) is 0 Å². The normalized spacial score (nSPS) is 18.9. The van der Waals surface area contributed by atoms with E-state index in [9.17, 15) is 9.59 Å². The standard InChI is InChI=1S/C13H19N3O3S/c1-9-6-14-11(20-9)7-15-13(19)16-4-2-3-10(8-16)5-12(17)18/h6,10H,2-5,7-8H2,1H3,(H,15,19)(H,17,18). The van der Waals surface area contributed by atoms with Crippen LogP contribution in [0.2, 0.25) is 0 Å². The van der Waals surface area contributed by atoms with Gasteiger partial charge in [0.25, 0.3) is 0 Å². The molecule has 0 aromatic carbocycles. The van der Waals surface area contributed by atoms with Gasteiger partial charge >= 0.3 is 12.0 Å². The highest BCUT2D eigenvalue weighted by Gasteiger charge is 2.25. The molecule has 1 unspecified atom stereocenters. The number of aryl methyl sites for hydroxylation is 1. The molecule has 2 N–H and O–H groups in total. The number of urea groups is 1. The Kier molecular flexibility index (Phi) is 4.94. The van der Waals surface area contributed by atoms with E-state index < -0.39 is 5.97 Å². The number of carbonyl (C=O) groups excluding carboxylic acids is 1. The summed E-state index contributed by atoms with van der Waals surface area (Å²) in [4.78, 5) is 29.8. The molecule has 20 heavy (non-hydrogen) atoms. The number of piperidine rings is 1. The van der Waals surface area contributed by atoms with Crippen molar-refractivity contribution in [3.63, 3.8) is 0 Å². The zero-order chi connectivity index (χ0) is 14.5. The number of rotatable bonds is 4. The second kappa shape index (κ2) is 6.69. The number of carboxylic acids is 1. The molecule has 7 heteroatoms. The summed E-state index contributed by atoms with van der Waals surface area (Å²) in [5, 5.41) is 12.5. The van der Waals surface area contributed by atoms with Gasteiger partial charge in [-0.3, -0.25) is 4.79 Å². The van der Waals surface area contributed by atoms with Gasteiger partial charge in [-0.1, -0.05) is 0 Å². The number of hydrogen-bond acceptors (Lipinski definition) is 4. The Morgan fingerprint density at radius 1 is 1.60 bits per heavy atom. The van der Waals surface area contributed by atoms with Gasteiger partial charge in [-0.05, 0) is 25.7 Å². The van der Waals surface area contributed by atoms with Crippen molar-refractivity contribution in [1.82, 2.24) is 15.2 Å². The highest BCUT2D eigenvalue weighted by molar-refractivity contribution is 7.11. The molecule has 0 aliphatic carbocycles. The van der Waals surface area contributed by atoms with Crippen molar-refractivity contribution >= 4 is 23.3 Å². The Bertz CT molecular complexity index is 489. The Labute approximate surface area is 121 Å². The van der Waals surface area contributed by atoms with Gasteiger partial charge in [0.05, 0.1) is 6.54 Å². The molecule has 1 aromatic rings. The fraction of sp³-hybridized carbons (Fsp3) is 0.615. The summed E-state index contributed by atoms with van der Waals surface area (Å²) in [6, 6.07) is -0.132. The minimum Gasteiger partial charge on any atom is -0.481 e. The smallest absolute Gasteiger partial charge is 0.317 e. The Morgan fingerprint density at radius 2 is 2.40 bits per heavy atom. The zero-order valence-corrected chi connectivity index (χ0v) is 12.3. The van der Waals surface area contributed by atoms with Crippen molar-refractivity contribution in [2.45, 2.75) is 32.7 Å². The van der Waals surface area contributed by atoms with Crippen molar-refractivity contribution in [1.29, 1.82) is 0 Å². The average Bonchev–Trinajstić information content (AvgIpc) is 2.81. The summed E-state index contributed by atoms with van der Waals surface area (Å²) in [6.45, 7) is 3.62. The molecule has 0 bridgehead atoms. The van der Waals surface area contributed by atoms with Crippen LogP contribution in [-0.2, 0) is 11.3 Å². The highest BCUT2D eigenvalue weighted by atomic mass is 32.1. The van der Waals surface area contributed by atoms with E-state index in [1.165, 1.54) is 0 Å². The molecular weight excluding hydrogens is 278 g/mol. The van der Waals surface area contributed by atoms with Crippen molar-refractivity contribution in [2.24, 2.45) is 5.92 Å². The summed E-state index contributed by atoms with van der Waals surface area (Å²) in [5.74, 6) is -0.732. The van der Waals surface area contributed by atoms with E-state index in [1.807, 2.05) is 6.92 Å². The molecule has 1 saturated heterocycles. The highest BCUT2D eigenvalue weighted by Crippen LogP contribution is 2.19. The summed E-state index contributed by atoms with van der Waals surface area (Å²) < 4.78 is 0. The van der Waals surface area contributed by atoms with E-state index in [1.54, 1.807) is 22.4 Å². The van der Waals surface area contributed by atoms with Crippen LogP contribution in [0.4, 0.5) is 4.79 Å². The van der Waals surface area contributed by atoms with E-state index >= 15 is 0 Å². The maximum atomic E-state index is 12.1. The van der Waals surface area contributed by atoms with Crippen molar-refractivity contribution in [3.05, 3.63) is 16.1 Å². The summed E-state index contributed by atoms with van der Waals surface area (Å²) >= 11 is 1.56. The van der Waals surface area contributed by atoms with Crippen LogP contribution < -0.4 is 5.32 Å². The largest absolute Gasteiger partial charge is 0.481 e. The molecule has 2 amide bonds. The molecule has 1 aliphatic heterocycles. The monoisotopic (exact) mass is 297 g/mol. The van der Waals surface area contributed by atoms with Crippen LogP contribution >= 0.6 is 11.3 Å². The Balaban J connectivity index is 1.81. The van der Waals surface area contributed by atoms with Crippen LogP contribution in [0.5, 0.6) is 0 Å². The maximum absolute atomic E-state index is 12.1. The third kappa shape index (κ3) is 4.19. The number of likely N-dealkylation sites (tertiary alicyclic amines) is 1. The molecule has 2 heterocycles. The number of amides is 2. The van der Waals surface area contributed by atoms with Crippen LogP contribution in [0.15, 0.2) is 6.20 Å². The van der Waals surface area contributed by atoms with E-state index in [-0.39, 0.29) is 18.4 Å². The first-order valence-electron chi connectivity index (χ1n) is 6.70. The van der Waals surface area contributed by atoms with Gasteiger partial charge in [0.15, 0.2) is 0 Å². The van der Waals surface area contributed by atoms with Gasteiger partial charge in [-0.15, -0.1) is 11.3 Å². The number of thiazole rings is 1. The first-order valence-corrected chi connectivity index (χ1v) is 7.52. The van der Waals surface area contributed by atoms with E-state index in [4.69, 9.17) is 5.11 Å². The molecule has 0 saturated carbocycles. The lowest BCUT2D eigenvalue weighted by atomic mass is 9.95. The molecule has 1 atom stereocenters. The minimum absolute atomic E-state index is 0.0640. The second-order valence-corrected chi connectivity index (χ2v) is 6.39. The van der Waals surface area contributed by atoms with Crippen LogP contribution in [0.1, 0.15) is 29.1 Å². The van der Waals surface area contributed by atoms with Crippen molar-refractivity contribution in [3.8, 4) is 0 Å². The molecule has 110 valence electrons. The number of carbonyl (C=O) groups is 2.